The Balaban J connectivity index is 1.99. The lowest BCUT2D eigenvalue weighted by Gasteiger charge is -2.34. The number of aromatic nitrogens is 2. The minimum Gasteiger partial charge on any atom is -0.367 e. The molecule has 1 fully saturated rings. The molecule has 0 unspecified atom stereocenters. The SMILES string of the molecule is CN1CCN(c2cc(Cl)nnc2-c2ccccc2)CC1. The number of nitrogens with zero attached hydrogens (tertiary/aromatic N) is 4. The Morgan fingerprint density at radius 3 is 2.40 bits per heavy atom. The maximum Gasteiger partial charge on any atom is 0.153 e. The molecule has 1 saturated heterocycles. The van der Waals surface area contributed by atoms with Gasteiger partial charge in [-0.2, -0.15) is 0 Å². The van der Waals surface area contributed by atoms with E-state index >= 15 is 0 Å². The summed E-state index contributed by atoms with van der Waals surface area (Å²) < 4.78 is 0. The third-order valence-corrected chi connectivity index (χ3v) is 3.82. The number of hydrogen-bond donors (Lipinski definition) is 0. The minimum absolute atomic E-state index is 0.443. The van der Waals surface area contributed by atoms with Gasteiger partial charge in [0.2, 0.25) is 0 Å². The molecule has 0 spiro atoms. The first-order chi connectivity index (χ1) is 9.74. The largest absolute Gasteiger partial charge is 0.367 e. The molecule has 2 heterocycles. The van der Waals surface area contributed by atoms with Gasteiger partial charge in [-0.15, -0.1) is 10.2 Å². The van der Waals surface area contributed by atoms with Gasteiger partial charge in [-0.05, 0) is 7.05 Å². The van der Waals surface area contributed by atoms with Crippen molar-refractivity contribution in [2.24, 2.45) is 0 Å². The van der Waals surface area contributed by atoms with Gasteiger partial charge in [0, 0.05) is 37.8 Å². The summed E-state index contributed by atoms with van der Waals surface area (Å²) in [6.07, 6.45) is 0. The normalized spacial score (nSPS) is 16.4. The van der Waals surface area contributed by atoms with E-state index in [0.717, 1.165) is 43.1 Å². The monoisotopic (exact) mass is 288 g/mol. The fourth-order valence-electron chi connectivity index (χ4n) is 2.45. The van der Waals surface area contributed by atoms with Gasteiger partial charge < -0.3 is 9.80 Å². The smallest absolute Gasteiger partial charge is 0.153 e. The molecule has 0 aliphatic carbocycles. The van der Waals surface area contributed by atoms with Gasteiger partial charge in [0.25, 0.3) is 0 Å². The van der Waals surface area contributed by atoms with Crippen molar-refractivity contribution < 1.29 is 0 Å². The third kappa shape index (κ3) is 2.76. The average molecular weight is 289 g/mol. The molecule has 5 heteroatoms. The second kappa shape index (κ2) is 5.77. The molecule has 1 aliphatic rings. The van der Waals surface area contributed by atoms with E-state index in [2.05, 4.69) is 39.2 Å². The zero-order valence-corrected chi connectivity index (χ0v) is 12.2. The van der Waals surface area contributed by atoms with Crippen molar-refractivity contribution >= 4 is 17.3 Å². The van der Waals surface area contributed by atoms with Crippen LogP contribution < -0.4 is 4.90 Å². The van der Waals surface area contributed by atoms with E-state index in [1.807, 2.05) is 24.3 Å². The van der Waals surface area contributed by atoms with E-state index in [1.165, 1.54) is 0 Å². The van der Waals surface area contributed by atoms with Crippen molar-refractivity contribution in [3.63, 3.8) is 0 Å². The van der Waals surface area contributed by atoms with Crippen LogP contribution in [0.5, 0.6) is 0 Å². The number of hydrogen-bond acceptors (Lipinski definition) is 4. The Hall–Kier alpha value is -1.65. The molecule has 0 amide bonds. The molecule has 0 bridgehead atoms. The predicted molar refractivity (Wildman–Crippen MR) is 82.2 cm³/mol. The summed E-state index contributed by atoms with van der Waals surface area (Å²) in [7, 11) is 2.15. The lowest BCUT2D eigenvalue weighted by molar-refractivity contribution is 0.313. The molecule has 3 rings (SSSR count). The summed E-state index contributed by atoms with van der Waals surface area (Å²) in [4.78, 5) is 4.66. The molecule has 2 aromatic rings. The predicted octanol–water partition coefficient (Wildman–Crippen LogP) is 2.55. The van der Waals surface area contributed by atoms with Crippen molar-refractivity contribution in [1.82, 2.24) is 15.1 Å². The van der Waals surface area contributed by atoms with Crippen molar-refractivity contribution in [2.45, 2.75) is 0 Å². The van der Waals surface area contributed by atoms with Crippen LogP contribution in [0.2, 0.25) is 5.15 Å². The highest BCUT2D eigenvalue weighted by molar-refractivity contribution is 6.29. The number of rotatable bonds is 2. The molecule has 0 radical (unpaired) electrons. The number of anilines is 1. The molecule has 0 N–H and O–H groups in total. The van der Waals surface area contributed by atoms with E-state index in [-0.39, 0.29) is 0 Å². The number of likely N-dealkylation sites (N-methyl/N-ethyl adjacent to an activating group) is 1. The summed E-state index contributed by atoms with van der Waals surface area (Å²) >= 11 is 6.04. The second-order valence-electron chi connectivity index (χ2n) is 5.06. The van der Waals surface area contributed by atoms with E-state index in [1.54, 1.807) is 0 Å². The Kier molecular flexibility index (Phi) is 3.85. The van der Waals surface area contributed by atoms with E-state index in [0.29, 0.717) is 5.15 Å². The van der Waals surface area contributed by atoms with Crippen LogP contribution in [0.15, 0.2) is 36.4 Å². The van der Waals surface area contributed by atoms with Gasteiger partial charge in [-0.1, -0.05) is 41.9 Å². The zero-order valence-electron chi connectivity index (χ0n) is 11.5. The molecule has 1 aromatic heterocycles. The van der Waals surface area contributed by atoms with Gasteiger partial charge >= 0.3 is 0 Å². The average Bonchev–Trinajstić information content (AvgIpc) is 2.49. The zero-order chi connectivity index (χ0) is 13.9. The lowest BCUT2D eigenvalue weighted by Crippen LogP contribution is -2.44. The lowest BCUT2D eigenvalue weighted by atomic mass is 10.1. The fraction of sp³-hybridized carbons (Fsp3) is 0.333. The number of piperazine rings is 1. The molecule has 104 valence electrons. The first-order valence-electron chi connectivity index (χ1n) is 6.76. The first-order valence-corrected chi connectivity index (χ1v) is 7.14. The topological polar surface area (TPSA) is 32.3 Å². The van der Waals surface area contributed by atoms with E-state index in [4.69, 9.17) is 11.6 Å². The van der Waals surface area contributed by atoms with Crippen LogP contribution in [0.4, 0.5) is 5.69 Å². The Morgan fingerprint density at radius 1 is 1.00 bits per heavy atom. The summed E-state index contributed by atoms with van der Waals surface area (Å²) in [6, 6.07) is 12.1. The molecule has 4 nitrogen and oxygen atoms in total. The highest BCUT2D eigenvalue weighted by Gasteiger charge is 2.19. The fourth-order valence-corrected chi connectivity index (χ4v) is 2.59. The van der Waals surface area contributed by atoms with Gasteiger partial charge in [0.05, 0.1) is 5.69 Å². The van der Waals surface area contributed by atoms with Crippen LogP contribution in [-0.4, -0.2) is 48.3 Å². The van der Waals surface area contributed by atoms with Gasteiger partial charge in [-0.25, -0.2) is 0 Å². The van der Waals surface area contributed by atoms with Crippen LogP contribution in [-0.2, 0) is 0 Å². The maximum absolute atomic E-state index is 6.04. The minimum atomic E-state index is 0.443. The highest BCUT2D eigenvalue weighted by atomic mass is 35.5. The Bertz CT molecular complexity index is 580. The van der Waals surface area contributed by atoms with Gasteiger partial charge in [0.15, 0.2) is 5.15 Å². The van der Waals surface area contributed by atoms with Crippen LogP contribution in [0.1, 0.15) is 0 Å². The number of benzene rings is 1. The first kappa shape index (κ1) is 13.3. The van der Waals surface area contributed by atoms with Gasteiger partial charge in [-0.3, -0.25) is 0 Å². The maximum atomic E-state index is 6.04. The molecule has 0 saturated carbocycles. The molecule has 20 heavy (non-hydrogen) atoms. The standard InChI is InChI=1S/C15H17ClN4/c1-19-7-9-20(10-8-19)13-11-14(16)17-18-15(13)12-5-3-2-4-6-12/h2-6,11H,7-10H2,1H3. The second-order valence-corrected chi connectivity index (χ2v) is 5.44. The van der Waals surface area contributed by atoms with Crippen molar-refractivity contribution in [3.8, 4) is 11.3 Å². The molecule has 0 atom stereocenters. The Labute approximate surface area is 124 Å². The molecule has 1 aromatic carbocycles. The number of halogens is 1. The quantitative estimate of drug-likeness (QED) is 0.850. The Morgan fingerprint density at radius 2 is 1.70 bits per heavy atom. The summed E-state index contributed by atoms with van der Waals surface area (Å²) in [5.41, 5.74) is 3.05. The summed E-state index contributed by atoms with van der Waals surface area (Å²) in [5.74, 6) is 0. The summed E-state index contributed by atoms with van der Waals surface area (Å²) in [5, 5.41) is 8.75. The molecular formula is C15H17ClN4. The van der Waals surface area contributed by atoms with Gasteiger partial charge in [0.1, 0.15) is 5.69 Å². The van der Waals surface area contributed by atoms with Crippen LogP contribution in [0, 0.1) is 0 Å². The third-order valence-electron chi connectivity index (χ3n) is 3.64. The van der Waals surface area contributed by atoms with E-state index < -0.39 is 0 Å². The van der Waals surface area contributed by atoms with Crippen LogP contribution >= 0.6 is 11.6 Å². The summed E-state index contributed by atoms with van der Waals surface area (Å²) in [6.45, 7) is 4.07. The van der Waals surface area contributed by atoms with E-state index in [9.17, 15) is 0 Å². The van der Waals surface area contributed by atoms with Crippen molar-refractivity contribution in [1.29, 1.82) is 0 Å². The van der Waals surface area contributed by atoms with Crippen molar-refractivity contribution in [2.75, 3.05) is 38.1 Å². The molecular weight excluding hydrogens is 272 g/mol. The highest BCUT2D eigenvalue weighted by Crippen LogP contribution is 2.30. The van der Waals surface area contributed by atoms with Crippen molar-refractivity contribution in [3.05, 3.63) is 41.6 Å². The molecule has 1 aliphatic heterocycles. The van der Waals surface area contributed by atoms with Crippen LogP contribution in [0.3, 0.4) is 0 Å². The van der Waals surface area contributed by atoms with Crippen LogP contribution in [0.25, 0.3) is 11.3 Å².